The lowest BCUT2D eigenvalue weighted by atomic mass is 10.1. The quantitative estimate of drug-likeness (QED) is 0.427. The van der Waals surface area contributed by atoms with E-state index in [2.05, 4.69) is 6.92 Å². The molecule has 3 heteroatoms. The summed E-state index contributed by atoms with van der Waals surface area (Å²) >= 11 is 0. The molecule has 0 bridgehead atoms. The monoisotopic (exact) mass is 372 g/mol. The summed E-state index contributed by atoms with van der Waals surface area (Å²) in [6.45, 7) is 2.91. The fraction of sp³-hybridized carbons (Fsp3) is 0.160. The van der Waals surface area contributed by atoms with E-state index in [1.54, 1.807) is 6.07 Å². The van der Waals surface area contributed by atoms with Crippen LogP contribution in [-0.4, -0.2) is 6.29 Å². The maximum absolute atomic E-state index is 11.7. The summed E-state index contributed by atoms with van der Waals surface area (Å²) in [6.07, 6.45) is 5.73. The van der Waals surface area contributed by atoms with Gasteiger partial charge in [-0.05, 0) is 29.7 Å². The van der Waals surface area contributed by atoms with Crippen molar-refractivity contribution in [3.8, 4) is 11.5 Å². The highest BCUT2D eigenvalue weighted by Crippen LogP contribution is 2.31. The third kappa shape index (κ3) is 5.34. The van der Waals surface area contributed by atoms with Gasteiger partial charge in [0.1, 0.15) is 24.7 Å². The summed E-state index contributed by atoms with van der Waals surface area (Å²) < 4.78 is 11.9. The molecule has 0 spiro atoms. The van der Waals surface area contributed by atoms with Gasteiger partial charge >= 0.3 is 0 Å². The molecule has 0 atom stereocenters. The van der Waals surface area contributed by atoms with Gasteiger partial charge in [-0.15, -0.1) is 0 Å². The standard InChI is InChI=1S/C25H24O3/c1-2-3-14-22-15-24(27-18-20-10-6-4-7-11-20)16-23(17-26)25(22)28-19-21-12-8-5-9-13-21/h3-17H,2,18-19H2,1H3/b14-3+. The molecule has 28 heavy (non-hydrogen) atoms. The van der Waals surface area contributed by atoms with Crippen LogP contribution in [-0.2, 0) is 13.2 Å². The molecule has 0 amide bonds. The minimum Gasteiger partial charge on any atom is -0.489 e. The third-order valence-corrected chi connectivity index (χ3v) is 4.25. The van der Waals surface area contributed by atoms with E-state index in [0.29, 0.717) is 30.3 Å². The van der Waals surface area contributed by atoms with Gasteiger partial charge in [-0.2, -0.15) is 0 Å². The van der Waals surface area contributed by atoms with Crippen molar-refractivity contribution in [3.05, 3.63) is 101 Å². The zero-order valence-electron chi connectivity index (χ0n) is 16.0. The van der Waals surface area contributed by atoms with Gasteiger partial charge in [-0.3, -0.25) is 4.79 Å². The fourth-order valence-electron chi connectivity index (χ4n) is 2.82. The van der Waals surface area contributed by atoms with Crippen LogP contribution in [0.3, 0.4) is 0 Å². The molecule has 3 aromatic carbocycles. The Labute approximate surface area is 166 Å². The third-order valence-electron chi connectivity index (χ3n) is 4.25. The highest BCUT2D eigenvalue weighted by molar-refractivity contribution is 5.83. The van der Waals surface area contributed by atoms with Gasteiger partial charge in [0.05, 0.1) is 5.56 Å². The highest BCUT2D eigenvalue weighted by Gasteiger charge is 2.12. The second-order valence-corrected chi connectivity index (χ2v) is 6.41. The minimum atomic E-state index is 0.402. The van der Waals surface area contributed by atoms with E-state index in [1.807, 2.05) is 78.9 Å². The number of ether oxygens (including phenoxy) is 2. The first-order chi connectivity index (χ1) is 13.8. The van der Waals surface area contributed by atoms with Gasteiger partial charge in [0.2, 0.25) is 0 Å². The van der Waals surface area contributed by atoms with Crippen molar-refractivity contribution in [2.75, 3.05) is 0 Å². The van der Waals surface area contributed by atoms with E-state index in [1.165, 1.54) is 0 Å². The average Bonchev–Trinajstić information content (AvgIpc) is 2.76. The van der Waals surface area contributed by atoms with Gasteiger partial charge < -0.3 is 9.47 Å². The van der Waals surface area contributed by atoms with Gasteiger partial charge in [-0.25, -0.2) is 0 Å². The first-order valence-corrected chi connectivity index (χ1v) is 9.43. The first-order valence-electron chi connectivity index (χ1n) is 9.43. The number of benzene rings is 3. The number of carbonyl (C=O) groups is 1. The summed E-state index contributed by atoms with van der Waals surface area (Å²) in [4.78, 5) is 11.7. The zero-order valence-corrected chi connectivity index (χ0v) is 16.0. The molecule has 0 aliphatic carbocycles. The molecule has 0 aliphatic rings. The van der Waals surface area contributed by atoms with Gasteiger partial charge in [0, 0.05) is 5.56 Å². The Kier molecular flexibility index (Phi) is 7.02. The van der Waals surface area contributed by atoms with Crippen LogP contribution < -0.4 is 9.47 Å². The molecule has 0 aromatic heterocycles. The van der Waals surface area contributed by atoms with Crippen LogP contribution in [0, 0.1) is 0 Å². The van der Waals surface area contributed by atoms with Gasteiger partial charge in [-0.1, -0.05) is 79.7 Å². The average molecular weight is 372 g/mol. The number of aldehydes is 1. The number of hydrogen-bond acceptors (Lipinski definition) is 3. The maximum Gasteiger partial charge on any atom is 0.153 e. The summed E-state index contributed by atoms with van der Waals surface area (Å²) in [5.41, 5.74) is 3.45. The SMILES string of the molecule is CC/C=C/c1cc(OCc2ccccc2)cc(C=O)c1OCc1ccccc1. The van der Waals surface area contributed by atoms with Crippen LogP contribution in [0.4, 0.5) is 0 Å². The zero-order chi connectivity index (χ0) is 19.6. The summed E-state index contributed by atoms with van der Waals surface area (Å²) in [5, 5.41) is 0. The molecule has 0 aliphatic heterocycles. The van der Waals surface area contributed by atoms with Crippen LogP contribution in [0.25, 0.3) is 6.08 Å². The number of carbonyl (C=O) groups excluding carboxylic acids is 1. The minimum absolute atomic E-state index is 0.402. The normalized spacial score (nSPS) is 10.8. The van der Waals surface area contributed by atoms with Crippen LogP contribution in [0.1, 0.15) is 40.4 Å². The number of allylic oxidation sites excluding steroid dienone is 1. The lowest BCUT2D eigenvalue weighted by molar-refractivity contribution is 0.111. The molecule has 0 N–H and O–H groups in total. The van der Waals surface area contributed by atoms with Crippen molar-refractivity contribution < 1.29 is 14.3 Å². The van der Waals surface area contributed by atoms with E-state index in [9.17, 15) is 4.79 Å². The van der Waals surface area contributed by atoms with E-state index in [-0.39, 0.29) is 0 Å². The summed E-state index contributed by atoms with van der Waals surface area (Å²) in [6, 6.07) is 23.5. The number of hydrogen-bond donors (Lipinski definition) is 0. The van der Waals surface area contributed by atoms with Crippen molar-refractivity contribution >= 4 is 12.4 Å². The Hall–Kier alpha value is -3.33. The van der Waals surface area contributed by atoms with Crippen LogP contribution in [0.5, 0.6) is 11.5 Å². The van der Waals surface area contributed by atoms with Crippen LogP contribution in [0.15, 0.2) is 78.9 Å². The lowest BCUT2D eigenvalue weighted by Crippen LogP contribution is -2.02. The Balaban J connectivity index is 1.84. The van der Waals surface area contributed by atoms with Crippen molar-refractivity contribution in [1.29, 1.82) is 0 Å². The van der Waals surface area contributed by atoms with Crippen molar-refractivity contribution in [2.45, 2.75) is 26.6 Å². The molecular formula is C25H24O3. The molecule has 142 valence electrons. The van der Waals surface area contributed by atoms with Crippen LogP contribution >= 0.6 is 0 Å². The smallest absolute Gasteiger partial charge is 0.153 e. The number of rotatable bonds is 9. The van der Waals surface area contributed by atoms with Crippen molar-refractivity contribution in [3.63, 3.8) is 0 Å². The fourth-order valence-corrected chi connectivity index (χ4v) is 2.82. The second kappa shape index (κ2) is 10.1. The molecule has 0 unspecified atom stereocenters. The Morgan fingerprint density at radius 2 is 1.36 bits per heavy atom. The largest absolute Gasteiger partial charge is 0.489 e. The highest BCUT2D eigenvalue weighted by atomic mass is 16.5. The predicted octanol–water partition coefficient (Wildman–Crippen LogP) is 6.08. The Bertz CT molecular complexity index is 915. The maximum atomic E-state index is 11.7. The van der Waals surface area contributed by atoms with E-state index < -0.39 is 0 Å². The molecule has 3 rings (SSSR count). The van der Waals surface area contributed by atoms with E-state index in [0.717, 1.165) is 29.4 Å². The lowest BCUT2D eigenvalue weighted by Gasteiger charge is -2.15. The summed E-state index contributed by atoms with van der Waals surface area (Å²) in [7, 11) is 0. The molecule has 3 aromatic rings. The topological polar surface area (TPSA) is 35.5 Å². The molecule has 3 nitrogen and oxygen atoms in total. The van der Waals surface area contributed by atoms with E-state index >= 15 is 0 Å². The first kappa shape index (κ1) is 19.4. The molecule has 0 saturated heterocycles. The molecule has 0 heterocycles. The molecule has 0 saturated carbocycles. The van der Waals surface area contributed by atoms with Crippen LogP contribution in [0.2, 0.25) is 0 Å². The second-order valence-electron chi connectivity index (χ2n) is 6.41. The Morgan fingerprint density at radius 1 is 0.786 bits per heavy atom. The predicted molar refractivity (Wildman–Crippen MR) is 113 cm³/mol. The Morgan fingerprint density at radius 3 is 1.93 bits per heavy atom. The molecule has 0 radical (unpaired) electrons. The van der Waals surface area contributed by atoms with Crippen molar-refractivity contribution in [2.24, 2.45) is 0 Å². The van der Waals surface area contributed by atoms with E-state index in [4.69, 9.17) is 9.47 Å². The molecular weight excluding hydrogens is 348 g/mol. The van der Waals surface area contributed by atoms with Crippen molar-refractivity contribution in [1.82, 2.24) is 0 Å². The summed E-state index contributed by atoms with van der Waals surface area (Å²) in [5.74, 6) is 1.23. The van der Waals surface area contributed by atoms with Gasteiger partial charge in [0.25, 0.3) is 0 Å². The molecule has 0 fully saturated rings. The van der Waals surface area contributed by atoms with Gasteiger partial charge in [0.15, 0.2) is 6.29 Å².